The highest BCUT2D eigenvalue weighted by Gasteiger charge is 2.44. The average molecular weight is 475 g/mol. The maximum absolute atomic E-state index is 13.1. The largest absolute Gasteiger partial charge is 0.471 e. The lowest BCUT2D eigenvalue weighted by molar-refractivity contribution is -0.141. The first-order chi connectivity index (χ1) is 15.1. The number of rotatable bonds is 5. The number of aromatic nitrogens is 4. The van der Waals surface area contributed by atoms with Crippen LogP contribution in [0.3, 0.4) is 0 Å². The van der Waals surface area contributed by atoms with Crippen LogP contribution in [-0.4, -0.2) is 75.5 Å². The predicted molar refractivity (Wildman–Crippen MR) is 107 cm³/mol. The van der Waals surface area contributed by atoms with E-state index in [4.69, 9.17) is 4.74 Å². The summed E-state index contributed by atoms with van der Waals surface area (Å²) in [6.45, 7) is 1.71. The summed E-state index contributed by atoms with van der Waals surface area (Å²) < 4.78 is 74.1. The number of ether oxygens (including phenoxy) is 1. The molecular formula is C19H25F3N6O3S. The highest BCUT2D eigenvalue weighted by atomic mass is 32.2. The van der Waals surface area contributed by atoms with Crippen molar-refractivity contribution in [2.24, 2.45) is 7.05 Å². The van der Waals surface area contributed by atoms with Crippen LogP contribution in [0.2, 0.25) is 0 Å². The van der Waals surface area contributed by atoms with Crippen LogP contribution in [-0.2, 0) is 23.2 Å². The lowest BCUT2D eigenvalue weighted by atomic mass is 10.1. The Morgan fingerprint density at radius 2 is 1.78 bits per heavy atom. The third-order valence-corrected chi connectivity index (χ3v) is 7.52. The number of hydrogen-bond acceptors (Lipinski definition) is 7. The molecule has 0 aromatic carbocycles. The van der Waals surface area contributed by atoms with Crippen LogP contribution < -0.4 is 4.74 Å². The molecule has 2 aliphatic rings. The predicted octanol–water partition coefficient (Wildman–Crippen LogP) is 1.93. The van der Waals surface area contributed by atoms with E-state index in [9.17, 15) is 21.6 Å². The van der Waals surface area contributed by atoms with Gasteiger partial charge in [-0.15, -0.1) is 0 Å². The van der Waals surface area contributed by atoms with Gasteiger partial charge in [0.15, 0.2) is 10.7 Å². The molecule has 0 radical (unpaired) electrons. The fraction of sp³-hybridized carbons (Fsp3) is 0.632. The number of nitrogens with zero attached hydrogens (tertiary/aromatic N) is 6. The number of alkyl halides is 3. The molecular weight excluding hydrogens is 449 g/mol. The second kappa shape index (κ2) is 8.94. The second-order valence-electron chi connectivity index (χ2n) is 8.11. The average Bonchev–Trinajstić information content (AvgIpc) is 3.27. The van der Waals surface area contributed by atoms with Crippen LogP contribution in [0.15, 0.2) is 29.9 Å². The van der Waals surface area contributed by atoms with Gasteiger partial charge in [-0.2, -0.15) is 17.5 Å². The van der Waals surface area contributed by atoms with Gasteiger partial charge in [-0.1, -0.05) is 12.8 Å². The zero-order valence-corrected chi connectivity index (χ0v) is 18.4. The van der Waals surface area contributed by atoms with Gasteiger partial charge in [0.05, 0.1) is 18.9 Å². The van der Waals surface area contributed by atoms with E-state index in [2.05, 4.69) is 19.9 Å². The first-order valence-corrected chi connectivity index (χ1v) is 11.9. The van der Waals surface area contributed by atoms with Crippen molar-refractivity contribution in [3.8, 4) is 5.88 Å². The van der Waals surface area contributed by atoms with Gasteiger partial charge in [0, 0.05) is 25.9 Å². The molecule has 4 rings (SSSR count). The van der Waals surface area contributed by atoms with Crippen molar-refractivity contribution in [3.05, 3.63) is 30.6 Å². The summed E-state index contributed by atoms with van der Waals surface area (Å²) in [5, 5.41) is -0.0725. The van der Waals surface area contributed by atoms with E-state index in [-0.39, 0.29) is 30.0 Å². The van der Waals surface area contributed by atoms with Crippen molar-refractivity contribution in [1.29, 1.82) is 0 Å². The van der Waals surface area contributed by atoms with Crippen molar-refractivity contribution >= 4 is 10.0 Å². The SMILES string of the molecule is Cn1cnc(S(=O)(=O)N2C[C@@H](N3CCCCCC3)[C@H](Oc3cc(C(F)(F)F)ncn3)C2)c1. The van der Waals surface area contributed by atoms with Crippen molar-refractivity contribution in [1.82, 2.24) is 28.7 Å². The fourth-order valence-corrected chi connectivity index (χ4v) is 5.62. The summed E-state index contributed by atoms with van der Waals surface area (Å²) >= 11 is 0. The van der Waals surface area contributed by atoms with Crippen LogP contribution in [0, 0.1) is 0 Å². The first kappa shape index (κ1) is 22.9. The Balaban J connectivity index is 1.60. The molecule has 4 heterocycles. The van der Waals surface area contributed by atoms with Crippen LogP contribution in [0.25, 0.3) is 0 Å². The number of aryl methyl sites for hydroxylation is 1. The van der Waals surface area contributed by atoms with Crippen molar-refractivity contribution < 1.29 is 26.3 Å². The van der Waals surface area contributed by atoms with E-state index in [1.807, 2.05) is 0 Å². The van der Waals surface area contributed by atoms with Crippen molar-refractivity contribution in [2.75, 3.05) is 26.2 Å². The summed E-state index contributed by atoms with van der Waals surface area (Å²) in [4.78, 5) is 13.2. The Morgan fingerprint density at radius 3 is 2.41 bits per heavy atom. The van der Waals surface area contributed by atoms with Gasteiger partial charge in [-0.25, -0.2) is 23.4 Å². The van der Waals surface area contributed by atoms with Crippen LogP contribution in [0.4, 0.5) is 13.2 Å². The molecule has 0 spiro atoms. The van der Waals surface area contributed by atoms with E-state index in [0.717, 1.165) is 51.2 Å². The van der Waals surface area contributed by atoms with Gasteiger partial charge in [-0.05, 0) is 25.9 Å². The number of imidazole rings is 1. The molecule has 2 atom stereocenters. The molecule has 2 fully saturated rings. The Bertz CT molecular complexity index is 1040. The number of halogens is 3. The van der Waals surface area contributed by atoms with Crippen LogP contribution in [0.5, 0.6) is 5.88 Å². The molecule has 13 heteroatoms. The molecule has 2 aromatic heterocycles. The van der Waals surface area contributed by atoms with Gasteiger partial charge >= 0.3 is 6.18 Å². The lowest BCUT2D eigenvalue weighted by Crippen LogP contribution is -2.46. The standard InChI is InChI=1S/C19H25F3N6O3S/c1-26-11-18(25-13-26)32(29,30)28-9-14(27-6-4-2-3-5-7-27)15(10-28)31-17-8-16(19(20,21)22)23-12-24-17/h8,11-15H,2-7,9-10H2,1H3/t14-,15-/m1/s1. The Morgan fingerprint density at radius 1 is 1.06 bits per heavy atom. The molecule has 2 aliphatic heterocycles. The number of likely N-dealkylation sites (tertiary alicyclic amines) is 1. The van der Waals surface area contributed by atoms with E-state index in [1.165, 1.54) is 16.8 Å². The smallest absolute Gasteiger partial charge is 0.433 e. The van der Waals surface area contributed by atoms with E-state index >= 15 is 0 Å². The zero-order valence-electron chi connectivity index (χ0n) is 17.6. The Hall–Kier alpha value is -2.25. The third kappa shape index (κ3) is 4.89. The normalized spacial score (nSPS) is 23.9. The highest BCUT2D eigenvalue weighted by Crippen LogP contribution is 2.31. The molecule has 2 aromatic rings. The minimum absolute atomic E-state index is 0.00850. The summed E-state index contributed by atoms with van der Waals surface area (Å²) in [6, 6.07) is 0.436. The fourth-order valence-electron chi connectivity index (χ4n) is 4.18. The quantitative estimate of drug-likeness (QED) is 0.654. The molecule has 0 saturated carbocycles. The molecule has 0 amide bonds. The minimum atomic E-state index is -4.63. The molecule has 0 N–H and O–H groups in total. The molecule has 0 unspecified atom stereocenters. The van der Waals surface area contributed by atoms with Gasteiger partial charge in [0.2, 0.25) is 5.88 Å². The van der Waals surface area contributed by atoms with Gasteiger partial charge in [-0.3, -0.25) is 4.90 Å². The van der Waals surface area contributed by atoms with Crippen LogP contribution >= 0.6 is 0 Å². The van der Waals surface area contributed by atoms with E-state index < -0.39 is 28.0 Å². The monoisotopic (exact) mass is 474 g/mol. The maximum atomic E-state index is 13.1. The molecule has 32 heavy (non-hydrogen) atoms. The summed E-state index contributed by atoms with van der Waals surface area (Å²) in [5.74, 6) is -0.228. The summed E-state index contributed by atoms with van der Waals surface area (Å²) in [7, 11) is -2.20. The minimum Gasteiger partial charge on any atom is -0.471 e. The first-order valence-electron chi connectivity index (χ1n) is 10.4. The lowest BCUT2D eigenvalue weighted by Gasteiger charge is -2.31. The number of sulfonamides is 1. The van der Waals surface area contributed by atoms with Crippen molar-refractivity contribution in [3.63, 3.8) is 0 Å². The summed E-state index contributed by atoms with van der Waals surface area (Å²) in [6.07, 6.45) is 2.45. The maximum Gasteiger partial charge on any atom is 0.433 e. The molecule has 9 nitrogen and oxygen atoms in total. The number of hydrogen-bond donors (Lipinski definition) is 0. The third-order valence-electron chi connectivity index (χ3n) is 5.80. The van der Waals surface area contributed by atoms with Gasteiger partial charge < -0.3 is 9.30 Å². The highest BCUT2D eigenvalue weighted by molar-refractivity contribution is 7.89. The molecule has 0 bridgehead atoms. The van der Waals surface area contributed by atoms with Crippen molar-refractivity contribution in [2.45, 2.75) is 49.0 Å². The molecule has 0 aliphatic carbocycles. The molecule has 2 saturated heterocycles. The summed E-state index contributed by atoms with van der Waals surface area (Å²) in [5.41, 5.74) is -1.11. The second-order valence-corrected chi connectivity index (χ2v) is 10.00. The van der Waals surface area contributed by atoms with E-state index in [0.29, 0.717) is 0 Å². The van der Waals surface area contributed by atoms with Gasteiger partial charge in [0.1, 0.15) is 12.4 Å². The zero-order chi connectivity index (χ0) is 22.9. The Labute approximate surface area is 184 Å². The van der Waals surface area contributed by atoms with E-state index in [1.54, 1.807) is 11.6 Å². The molecule has 176 valence electrons. The topological polar surface area (TPSA) is 93.5 Å². The van der Waals surface area contributed by atoms with Gasteiger partial charge in [0.25, 0.3) is 10.0 Å². The van der Waals surface area contributed by atoms with Crippen LogP contribution in [0.1, 0.15) is 31.4 Å². The Kier molecular flexibility index (Phi) is 6.41.